The fourth-order valence-corrected chi connectivity index (χ4v) is 2.45. The minimum atomic E-state index is -0.198. The van der Waals surface area contributed by atoms with Crippen molar-refractivity contribution in [3.63, 3.8) is 0 Å². The first-order chi connectivity index (χ1) is 11.2. The van der Waals surface area contributed by atoms with Crippen LogP contribution in [0.15, 0.2) is 54.7 Å². The van der Waals surface area contributed by atoms with Gasteiger partial charge in [0.1, 0.15) is 11.3 Å². The second kappa shape index (κ2) is 6.67. The molecule has 0 bridgehead atoms. The predicted octanol–water partition coefficient (Wildman–Crippen LogP) is 4.54. The van der Waals surface area contributed by atoms with E-state index in [2.05, 4.69) is 10.3 Å². The summed E-state index contributed by atoms with van der Waals surface area (Å²) in [6, 6.07) is 14.1. The predicted molar refractivity (Wildman–Crippen MR) is 92.3 cm³/mol. The smallest absolute Gasteiger partial charge is 0.255 e. The molecule has 0 aliphatic carbocycles. The Labute approximate surface area is 139 Å². The first-order valence-corrected chi connectivity index (χ1v) is 7.64. The van der Waals surface area contributed by atoms with Crippen LogP contribution in [-0.2, 0) is 0 Å². The lowest BCUT2D eigenvalue weighted by Gasteiger charge is -2.12. The van der Waals surface area contributed by atoms with Gasteiger partial charge in [-0.2, -0.15) is 0 Å². The quantitative estimate of drug-likeness (QED) is 0.765. The lowest BCUT2D eigenvalue weighted by molar-refractivity contribution is 0.102. The van der Waals surface area contributed by atoms with Crippen LogP contribution < -0.4 is 10.1 Å². The van der Waals surface area contributed by atoms with Crippen molar-refractivity contribution in [3.05, 3.63) is 65.3 Å². The van der Waals surface area contributed by atoms with Crippen LogP contribution >= 0.6 is 11.6 Å². The second-order valence-electron chi connectivity index (χ2n) is 4.90. The van der Waals surface area contributed by atoms with Crippen molar-refractivity contribution in [1.82, 2.24) is 4.98 Å². The Morgan fingerprint density at radius 1 is 1.17 bits per heavy atom. The van der Waals surface area contributed by atoms with Gasteiger partial charge in [-0.15, -0.1) is 0 Å². The Morgan fingerprint density at radius 3 is 2.70 bits per heavy atom. The minimum absolute atomic E-state index is 0.198. The molecule has 116 valence electrons. The molecule has 0 aliphatic rings. The zero-order chi connectivity index (χ0) is 16.2. The van der Waals surface area contributed by atoms with Crippen molar-refractivity contribution >= 4 is 34.1 Å². The van der Waals surface area contributed by atoms with Crippen LogP contribution in [0, 0.1) is 0 Å². The summed E-state index contributed by atoms with van der Waals surface area (Å²) in [6.07, 6.45) is 1.70. The average molecular weight is 327 g/mol. The Morgan fingerprint density at radius 2 is 1.96 bits per heavy atom. The topological polar surface area (TPSA) is 51.2 Å². The van der Waals surface area contributed by atoms with E-state index < -0.39 is 0 Å². The van der Waals surface area contributed by atoms with Gasteiger partial charge in [0.15, 0.2) is 0 Å². The fourth-order valence-electron chi connectivity index (χ4n) is 2.32. The molecule has 0 radical (unpaired) electrons. The standard InChI is InChI=1S/C18H15ClN2O2/c1-2-23-16-10-9-15(14-4-3-11-20-17(14)16)21-18(22)12-5-7-13(19)8-6-12/h3-11H,2H2,1H3,(H,21,22). The van der Waals surface area contributed by atoms with Crippen molar-refractivity contribution in [3.8, 4) is 5.75 Å². The maximum atomic E-state index is 12.4. The van der Waals surface area contributed by atoms with E-state index in [1.54, 1.807) is 30.5 Å². The van der Waals surface area contributed by atoms with Gasteiger partial charge in [-0.3, -0.25) is 9.78 Å². The normalized spacial score (nSPS) is 10.5. The highest BCUT2D eigenvalue weighted by Crippen LogP contribution is 2.30. The number of pyridine rings is 1. The van der Waals surface area contributed by atoms with E-state index in [1.807, 2.05) is 31.2 Å². The number of amides is 1. The van der Waals surface area contributed by atoms with Crippen LogP contribution in [0.2, 0.25) is 5.02 Å². The first kappa shape index (κ1) is 15.3. The monoisotopic (exact) mass is 326 g/mol. The molecule has 0 atom stereocenters. The Balaban J connectivity index is 1.95. The molecule has 5 heteroatoms. The second-order valence-corrected chi connectivity index (χ2v) is 5.34. The number of halogens is 1. The molecule has 2 aromatic carbocycles. The highest BCUT2D eigenvalue weighted by molar-refractivity contribution is 6.30. The summed E-state index contributed by atoms with van der Waals surface area (Å²) in [5.74, 6) is 0.503. The van der Waals surface area contributed by atoms with Gasteiger partial charge in [0, 0.05) is 22.2 Å². The molecule has 3 rings (SSSR count). The summed E-state index contributed by atoms with van der Waals surface area (Å²) in [5, 5.41) is 4.34. The number of benzene rings is 2. The first-order valence-electron chi connectivity index (χ1n) is 7.26. The third-order valence-corrected chi connectivity index (χ3v) is 3.64. The molecule has 0 fully saturated rings. The zero-order valence-corrected chi connectivity index (χ0v) is 13.3. The molecule has 23 heavy (non-hydrogen) atoms. The van der Waals surface area contributed by atoms with Crippen molar-refractivity contribution < 1.29 is 9.53 Å². The third-order valence-electron chi connectivity index (χ3n) is 3.39. The molecule has 0 unspecified atom stereocenters. The van der Waals surface area contributed by atoms with E-state index in [1.165, 1.54) is 0 Å². The number of rotatable bonds is 4. The molecule has 0 saturated carbocycles. The van der Waals surface area contributed by atoms with E-state index in [0.717, 1.165) is 10.9 Å². The summed E-state index contributed by atoms with van der Waals surface area (Å²) in [5.41, 5.74) is 1.96. The number of hydrogen-bond acceptors (Lipinski definition) is 3. The average Bonchev–Trinajstić information content (AvgIpc) is 2.58. The van der Waals surface area contributed by atoms with Crippen molar-refractivity contribution in [1.29, 1.82) is 0 Å². The van der Waals surface area contributed by atoms with Crippen molar-refractivity contribution in [2.75, 3.05) is 11.9 Å². The third kappa shape index (κ3) is 3.27. The van der Waals surface area contributed by atoms with Crippen LogP contribution in [0.5, 0.6) is 5.75 Å². The molecule has 1 aromatic heterocycles. The van der Waals surface area contributed by atoms with E-state index >= 15 is 0 Å². The molecule has 1 heterocycles. The number of anilines is 1. The highest BCUT2D eigenvalue weighted by atomic mass is 35.5. The Kier molecular flexibility index (Phi) is 4.44. The summed E-state index contributed by atoms with van der Waals surface area (Å²) in [4.78, 5) is 16.7. The molecule has 4 nitrogen and oxygen atoms in total. The molecular formula is C18H15ClN2O2. The van der Waals surface area contributed by atoms with Crippen molar-refractivity contribution in [2.45, 2.75) is 6.92 Å². The highest BCUT2D eigenvalue weighted by Gasteiger charge is 2.11. The maximum Gasteiger partial charge on any atom is 0.255 e. The zero-order valence-electron chi connectivity index (χ0n) is 12.5. The number of aromatic nitrogens is 1. The minimum Gasteiger partial charge on any atom is -0.492 e. The van der Waals surface area contributed by atoms with Crippen LogP contribution in [0.4, 0.5) is 5.69 Å². The number of ether oxygens (including phenoxy) is 1. The SMILES string of the molecule is CCOc1ccc(NC(=O)c2ccc(Cl)cc2)c2cccnc12. The number of nitrogens with one attached hydrogen (secondary N) is 1. The molecule has 1 N–H and O–H groups in total. The van der Waals surface area contributed by atoms with Crippen LogP contribution in [0.25, 0.3) is 10.9 Å². The molecule has 0 saturated heterocycles. The van der Waals surface area contributed by atoms with Crippen LogP contribution in [0.1, 0.15) is 17.3 Å². The molecule has 3 aromatic rings. The number of carbonyl (C=O) groups is 1. The van der Waals surface area contributed by atoms with E-state index in [-0.39, 0.29) is 5.91 Å². The molecule has 0 spiro atoms. The van der Waals surface area contributed by atoms with Gasteiger partial charge in [-0.1, -0.05) is 11.6 Å². The fraction of sp³-hybridized carbons (Fsp3) is 0.111. The maximum absolute atomic E-state index is 12.4. The van der Waals surface area contributed by atoms with Crippen molar-refractivity contribution in [2.24, 2.45) is 0 Å². The van der Waals surface area contributed by atoms with Gasteiger partial charge in [0.25, 0.3) is 5.91 Å². The number of nitrogens with zero attached hydrogens (tertiary/aromatic N) is 1. The van der Waals surface area contributed by atoms with Crippen LogP contribution in [0.3, 0.4) is 0 Å². The Bertz CT molecular complexity index is 847. The largest absolute Gasteiger partial charge is 0.492 e. The van der Waals surface area contributed by atoms with Gasteiger partial charge < -0.3 is 10.1 Å². The lowest BCUT2D eigenvalue weighted by Crippen LogP contribution is -2.12. The van der Waals surface area contributed by atoms with E-state index in [4.69, 9.17) is 16.3 Å². The summed E-state index contributed by atoms with van der Waals surface area (Å²) in [6.45, 7) is 2.48. The molecule has 0 aliphatic heterocycles. The molecular weight excluding hydrogens is 312 g/mol. The van der Waals surface area contributed by atoms with Crippen LogP contribution in [-0.4, -0.2) is 17.5 Å². The van der Waals surface area contributed by atoms with Gasteiger partial charge >= 0.3 is 0 Å². The van der Waals surface area contributed by atoms with Gasteiger partial charge in [0.05, 0.1) is 12.3 Å². The molecule has 1 amide bonds. The van der Waals surface area contributed by atoms with Gasteiger partial charge in [-0.25, -0.2) is 0 Å². The summed E-state index contributed by atoms with van der Waals surface area (Å²) < 4.78 is 5.59. The van der Waals surface area contributed by atoms with E-state index in [9.17, 15) is 4.79 Å². The number of carbonyl (C=O) groups excluding carboxylic acids is 1. The summed E-state index contributed by atoms with van der Waals surface area (Å²) >= 11 is 5.85. The van der Waals surface area contributed by atoms with Gasteiger partial charge in [0.2, 0.25) is 0 Å². The Hall–Kier alpha value is -2.59. The number of fused-ring (bicyclic) bond motifs is 1. The van der Waals surface area contributed by atoms with E-state index in [0.29, 0.717) is 28.6 Å². The summed E-state index contributed by atoms with van der Waals surface area (Å²) in [7, 11) is 0. The number of hydrogen-bond donors (Lipinski definition) is 1. The lowest BCUT2D eigenvalue weighted by atomic mass is 10.1. The van der Waals surface area contributed by atoms with Gasteiger partial charge in [-0.05, 0) is 55.5 Å².